The molecule has 1 aromatic rings. The quantitative estimate of drug-likeness (QED) is 0.829. The minimum atomic E-state index is 0.521. The van der Waals surface area contributed by atoms with E-state index in [-0.39, 0.29) is 0 Å². The molecule has 2 fully saturated rings. The van der Waals surface area contributed by atoms with Gasteiger partial charge in [0.1, 0.15) is 0 Å². The van der Waals surface area contributed by atoms with Gasteiger partial charge in [-0.1, -0.05) is 6.42 Å². The highest BCUT2D eigenvalue weighted by Gasteiger charge is 2.22. The van der Waals surface area contributed by atoms with Gasteiger partial charge in [0.25, 0.3) is 0 Å². The monoisotopic (exact) mass is 294 g/mol. The van der Waals surface area contributed by atoms with Gasteiger partial charge >= 0.3 is 0 Å². The molecule has 0 radical (unpaired) electrons. The van der Waals surface area contributed by atoms with Gasteiger partial charge in [-0.2, -0.15) is 0 Å². The summed E-state index contributed by atoms with van der Waals surface area (Å²) < 4.78 is 5.68. The first kappa shape index (κ1) is 14.5. The second-order valence-electron chi connectivity index (χ2n) is 6.29. The third-order valence-electron chi connectivity index (χ3n) is 4.60. The summed E-state index contributed by atoms with van der Waals surface area (Å²) in [6.45, 7) is 4.22. The molecule has 2 unspecified atom stereocenters. The Balaban J connectivity index is 1.36. The predicted octanol–water partition coefficient (Wildman–Crippen LogP) is 3.85. The normalized spacial score (nSPS) is 24.8. The lowest BCUT2D eigenvalue weighted by molar-refractivity contribution is 0.100. The Morgan fingerprint density at radius 2 is 2.30 bits per heavy atom. The third-order valence-corrected chi connectivity index (χ3v) is 5.76. The molecule has 2 aliphatic rings. The minimum Gasteiger partial charge on any atom is -0.378 e. The molecule has 1 aliphatic carbocycles. The van der Waals surface area contributed by atoms with E-state index in [1.165, 1.54) is 54.8 Å². The van der Waals surface area contributed by atoms with Crippen molar-refractivity contribution >= 4 is 11.3 Å². The number of nitrogens with one attached hydrogen (secondary N) is 1. The number of hydrogen-bond acceptors (Lipinski definition) is 4. The molecule has 1 saturated heterocycles. The second-order valence-corrected chi connectivity index (χ2v) is 7.43. The van der Waals surface area contributed by atoms with E-state index in [1.807, 2.05) is 11.3 Å². The maximum atomic E-state index is 5.68. The highest BCUT2D eigenvalue weighted by atomic mass is 32.1. The van der Waals surface area contributed by atoms with Crippen LogP contribution in [0.3, 0.4) is 0 Å². The largest absolute Gasteiger partial charge is 0.378 e. The summed E-state index contributed by atoms with van der Waals surface area (Å²) in [6, 6.07) is 0.563. The van der Waals surface area contributed by atoms with Crippen molar-refractivity contribution in [1.29, 1.82) is 0 Å². The SMILES string of the molecule is CC(CCC1CCCO1)NCc1cnc(C2CCC2)s1. The van der Waals surface area contributed by atoms with Crippen LogP contribution in [-0.4, -0.2) is 23.7 Å². The predicted molar refractivity (Wildman–Crippen MR) is 83.2 cm³/mol. The van der Waals surface area contributed by atoms with E-state index in [1.54, 1.807) is 0 Å². The van der Waals surface area contributed by atoms with Crippen molar-refractivity contribution in [3.05, 3.63) is 16.1 Å². The van der Waals surface area contributed by atoms with Crippen LogP contribution < -0.4 is 5.32 Å². The summed E-state index contributed by atoms with van der Waals surface area (Å²) in [6.07, 6.45) is 11.6. The average molecular weight is 294 g/mol. The molecule has 0 spiro atoms. The molecule has 1 N–H and O–H groups in total. The Labute approximate surface area is 126 Å². The van der Waals surface area contributed by atoms with Crippen molar-refractivity contribution in [2.24, 2.45) is 0 Å². The first-order valence-electron chi connectivity index (χ1n) is 8.11. The van der Waals surface area contributed by atoms with Gasteiger partial charge in [0.15, 0.2) is 0 Å². The lowest BCUT2D eigenvalue weighted by Gasteiger charge is -2.22. The maximum Gasteiger partial charge on any atom is 0.0959 e. The fourth-order valence-corrected chi connectivity index (χ4v) is 3.97. The lowest BCUT2D eigenvalue weighted by atomic mass is 9.86. The van der Waals surface area contributed by atoms with Crippen LogP contribution in [0.5, 0.6) is 0 Å². The van der Waals surface area contributed by atoms with Crippen molar-refractivity contribution in [1.82, 2.24) is 10.3 Å². The number of ether oxygens (including phenoxy) is 1. The Morgan fingerprint density at radius 3 is 3.00 bits per heavy atom. The van der Waals surface area contributed by atoms with Gasteiger partial charge in [-0.25, -0.2) is 4.98 Å². The topological polar surface area (TPSA) is 34.1 Å². The second kappa shape index (κ2) is 7.01. The molecule has 0 bridgehead atoms. The van der Waals surface area contributed by atoms with E-state index in [9.17, 15) is 0 Å². The average Bonchev–Trinajstić information content (AvgIpc) is 3.03. The van der Waals surface area contributed by atoms with E-state index < -0.39 is 0 Å². The molecule has 1 saturated carbocycles. The molecule has 1 aliphatic heterocycles. The van der Waals surface area contributed by atoms with Gasteiger partial charge in [-0.3, -0.25) is 0 Å². The maximum absolute atomic E-state index is 5.68. The molecule has 112 valence electrons. The first-order chi connectivity index (χ1) is 9.81. The van der Waals surface area contributed by atoms with Gasteiger partial charge in [-0.05, 0) is 45.4 Å². The van der Waals surface area contributed by atoms with Crippen LogP contribution in [0.1, 0.15) is 67.7 Å². The minimum absolute atomic E-state index is 0.521. The van der Waals surface area contributed by atoms with Crippen molar-refractivity contribution in [3.8, 4) is 0 Å². The van der Waals surface area contributed by atoms with E-state index in [0.29, 0.717) is 12.1 Å². The van der Waals surface area contributed by atoms with Crippen molar-refractivity contribution in [2.75, 3.05) is 6.61 Å². The summed E-state index contributed by atoms with van der Waals surface area (Å²) in [5, 5.41) is 4.99. The fourth-order valence-electron chi connectivity index (χ4n) is 2.93. The molecule has 1 aromatic heterocycles. The highest BCUT2D eigenvalue weighted by Crippen LogP contribution is 2.38. The Hall–Kier alpha value is -0.450. The van der Waals surface area contributed by atoms with Crippen LogP contribution in [0.4, 0.5) is 0 Å². The molecular weight excluding hydrogens is 268 g/mol. The number of hydrogen-bond donors (Lipinski definition) is 1. The molecule has 4 heteroatoms. The van der Waals surface area contributed by atoms with Gasteiger partial charge in [0, 0.05) is 36.2 Å². The number of thiazole rings is 1. The molecule has 2 atom stereocenters. The van der Waals surface area contributed by atoms with Gasteiger partial charge < -0.3 is 10.1 Å². The first-order valence-corrected chi connectivity index (χ1v) is 8.92. The standard InChI is InChI=1S/C16H26N2OS/c1-12(7-8-14-6-3-9-19-14)17-10-15-11-18-16(20-15)13-4-2-5-13/h11-14,17H,2-10H2,1H3. The fraction of sp³-hybridized carbons (Fsp3) is 0.812. The molecule has 3 rings (SSSR count). The van der Waals surface area contributed by atoms with E-state index in [2.05, 4.69) is 23.4 Å². The van der Waals surface area contributed by atoms with Gasteiger partial charge in [0.05, 0.1) is 11.1 Å². The van der Waals surface area contributed by atoms with Crippen LogP contribution in [0.25, 0.3) is 0 Å². The van der Waals surface area contributed by atoms with Gasteiger partial charge in [-0.15, -0.1) is 11.3 Å². The zero-order valence-corrected chi connectivity index (χ0v) is 13.3. The Kier molecular flexibility index (Phi) is 5.08. The molecule has 20 heavy (non-hydrogen) atoms. The zero-order valence-electron chi connectivity index (χ0n) is 12.4. The lowest BCUT2D eigenvalue weighted by Crippen LogP contribution is -2.26. The van der Waals surface area contributed by atoms with Crippen molar-refractivity contribution in [2.45, 2.75) is 76.5 Å². The van der Waals surface area contributed by atoms with Crippen molar-refractivity contribution in [3.63, 3.8) is 0 Å². The van der Waals surface area contributed by atoms with Crippen LogP contribution in [0.2, 0.25) is 0 Å². The summed E-state index contributed by atoms with van der Waals surface area (Å²) in [7, 11) is 0. The van der Waals surface area contributed by atoms with Crippen LogP contribution in [0, 0.1) is 0 Å². The summed E-state index contributed by atoms with van der Waals surface area (Å²) >= 11 is 1.90. The molecule has 3 nitrogen and oxygen atoms in total. The molecular formula is C16H26N2OS. The van der Waals surface area contributed by atoms with Crippen LogP contribution in [-0.2, 0) is 11.3 Å². The molecule has 0 aromatic carbocycles. The summed E-state index contributed by atoms with van der Waals surface area (Å²) in [4.78, 5) is 5.97. The number of rotatable bonds is 7. The molecule has 2 heterocycles. The highest BCUT2D eigenvalue weighted by molar-refractivity contribution is 7.11. The van der Waals surface area contributed by atoms with E-state index >= 15 is 0 Å². The summed E-state index contributed by atoms with van der Waals surface area (Å²) in [5.74, 6) is 0.769. The zero-order chi connectivity index (χ0) is 13.8. The van der Waals surface area contributed by atoms with Crippen molar-refractivity contribution < 1.29 is 4.74 Å². The van der Waals surface area contributed by atoms with Crippen LogP contribution in [0.15, 0.2) is 6.20 Å². The third kappa shape index (κ3) is 3.80. The van der Waals surface area contributed by atoms with Gasteiger partial charge in [0.2, 0.25) is 0 Å². The summed E-state index contributed by atoms with van der Waals surface area (Å²) in [5.41, 5.74) is 0. The number of nitrogens with zero attached hydrogens (tertiary/aromatic N) is 1. The number of aromatic nitrogens is 1. The van der Waals surface area contributed by atoms with E-state index in [0.717, 1.165) is 19.1 Å². The van der Waals surface area contributed by atoms with E-state index in [4.69, 9.17) is 4.74 Å². The smallest absolute Gasteiger partial charge is 0.0959 e. The Bertz CT molecular complexity index is 410. The Morgan fingerprint density at radius 1 is 1.40 bits per heavy atom. The van der Waals surface area contributed by atoms with Crippen LogP contribution >= 0.6 is 11.3 Å². The molecule has 0 amide bonds.